The van der Waals surface area contributed by atoms with Crippen molar-refractivity contribution in [1.82, 2.24) is 16.0 Å². The van der Waals surface area contributed by atoms with Crippen LogP contribution in [0.15, 0.2) is 0 Å². The Bertz CT molecular complexity index is 358. The molecule has 1 amide bonds. The fourth-order valence-electron chi connectivity index (χ4n) is 2.31. The summed E-state index contributed by atoms with van der Waals surface area (Å²) < 4.78 is 0. The summed E-state index contributed by atoms with van der Waals surface area (Å²) in [6.07, 6.45) is 3.02. The van der Waals surface area contributed by atoms with Gasteiger partial charge in [0.1, 0.15) is 5.78 Å². The quantitative estimate of drug-likeness (QED) is 0.666. The summed E-state index contributed by atoms with van der Waals surface area (Å²) >= 11 is 0. The zero-order chi connectivity index (χ0) is 15.0. The molecule has 0 saturated carbocycles. The topological polar surface area (TPSA) is 87.3 Å². The number of ketones is 2. The molecule has 0 unspecified atom stereocenters. The number of likely N-dealkylation sites (N-methyl/N-ethyl adjacent to an activating group) is 1. The monoisotopic (exact) mass is 283 g/mol. The predicted octanol–water partition coefficient (Wildman–Crippen LogP) is -0.229. The number of nitrogens with one attached hydrogen (secondary N) is 3. The van der Waals surface area contributed by atoms with E-state index in [1.54, 1.807) is 7.05 Å². The maximum absolute atomic E-state index is 12.0. The highest BCUT2D eigenvalue weighted by Gasteiger charge is 2.23. The molecule has 3 N–H and O–H groups in total. The zero-order valence-corrected chi connectivity index (χ0v) is 12.3. The van der Waals surface area contributed by atoms with Gasteiger partial charge in [0, 0.05) is 19.4 Å². The minimum Gasteiger partial charge on any atom is -0.356 e. The van der Waals surface area contributed by atoms with Gasteiger partial charge < -0.3 is 16.0 Å². The average molecular weight is 283 g/mol. The van der Waals surface area contributed by atoms with E-state index in [0.29, 0.717) is 19.4 Å². The summed E-state index contributed by atoms with van der Waals surface area (Å²) in [5.74, 6) is -0.0588. The van der Waals surface area contributed by atoms with Gasteiger partial charge in [-0.3, -0.25) is 14.4 Å². The van der Waals surface area contributed by atoms with Crippen LogP contribution in [0, 0.1) is 0 Å². The number of amides is 1. The number of carbonyl (C=O) groups excluding carboxylic acids is 3. The van der Waals surface area contributed by atoms with Crippen LogP contribution in [0.4, 0.5) is 0 Å². The fraction of sp³-hybridized carbons (Fsp3) is 0.786. The van der Waals surface area contributed by atoms with E-state index in [0.717, 1.165) is 12.8 Å². The predicted molar refractivity (Wildman–Crippen MR) is 76.4 cm³/mol. The Morgan fingerprint density at radius 2 is 2.10 bits per heavy atom. The standard InChI is InChI=1S/C14H25N3O3/c1-3-12(18)10-6-4-5-7-16-14(20)8-11(15-2)13(19)9-17-10/h10-11,15,17H,3-9H2,1-2H3,(H,16,20)/t10-,11-/m0/s1. The molecule has 0 spiro atoms. The van der Waals surface area contributed by atoms with Gasteiger partial charge in [0.15, 0.2) is 5.78 Å². The maximum atomic E-state index is 12.0. The van der Waals surface area contributed by atoms with Crippen LogP contribution in [0.2, 0.25) is 0 Å². The molecule has 1 rings (SSSR count). The molecule has 1 fully saturated rings. The van der Waals surface area contributed by atoms with E-state index in [1.165, 1.54) is 0 Å². The molecule has 1 heterocycles. The normalized spacial score (nSPS) is 26.3. The van der Waals surface area contributed by atoms with E-state index in [-0.39, 0.29) is 36.5 Å². The summed E-state index contributed by atoms with van der Waals surface area (Å²) in [6.45, 7) is 2.55. The molecule has 1 saturated heterocycles. The highest BCUT2D eigenvalue weighted by Crippen LogP contribution is 2.05. The van der Waals surface area contributed by atoms with Crippen LogP contribution in [-0.2, 0) is 14.4 Å². The minimum absolute atomic E-state index is 0.0860. The first-order valence-electron chi connectivity index (χ1n) is 7.31. The average Bonchev–Trinajstić information content (AvgIpc) is 2.45. The third kappa shape index (κ3) is 5.38. The van der Waals surface area contributed by atoms with Gasteiger partial charge in [0.25, 0.3) is 0 Å². The number of Topliss-reactive ketones (excluding diaryl/α,β-unsaturated/α-hetero) is 2. The molecular weight excluding hydrogens is 258 g/mol. The van der Waals surface area contributed by atoms with E-state index in [2.05, 4.69) is 16.0 Å². The molecular formula is C14H25N3O3. The molecule has 0 aliphatic carbocycles. The van der Waals surface area contributed by atoms with Crippen LogP contribution < -0.4 is 16.0 Å². The third-order valence-corrected chi connectivity index (χ3v) is 3.63. The van der Waals surface area contributed by atoms with Crippen molar-refractivity contribution in [2.45, 2.75) is 51.1 Å². The highest BCUT2D eigenvalue weighted by molar-refractivity contribution is 5.91. The number of hydrogen-bond acceptors (Lipinski definition) is 5. The molecule has 2 atom stereocenters. The van der Waals surface area contributed by atoms with Gasteiger partial charge in [-0.2, -0.15) is 0 Å². The van der Waals surface area contributed by atoms with Gasteiger partial charge in [0.05, 0.1) is 18.6 Å². The largest absolute Gasteiger partial charge is 0.356 e. The van der Waals surface area contributed by atoms with E-state index < -0.39 is 6.04 Å². The van der Waals surface area contributed by atoms with E-state index >= 15 is 0 Å². The Labute approximate surface area is 120 Å². The van der Waals surface area contributed by atoms with Crippen LogP contribution in [0.3, 0.4) is 0 Å². The second-order valence-electron chi connectivity index (χ2n) is 5.11. The molecule has 6 heteroatoms. The molecule has 0 aromatic carbocycles. The number of hydrogen-bond donors (Lipinski definition) is 3. The highest BCUT2D eigenvalue weighted by atomic mass is 16.2. The van der Waals surface area contributed by atoms with Gasteiger partial charge in [-0.15, -0.1) is 0 Å². The number of rotatable bonds is 3. The van der Waals surface area contributed by atoms with Crippen LogP contribution in [0.1, 0.15) is 39.0 Å². The molecule has 0 aromatic heterocycles. The Hall–Kier alpha value is -1.27. The molecule has 20 heavy (non-hydrogen) atoms. The Balaban J connectivity index is 2.68. The lowest BCUT2D eigenvalue weighted by Crippen LogP contribution is -2.47. The lowest BCUT2D eigenvalue weighted by molar-refractivity contribution is -0.127. The lowest BCUT2D eigenvalue weighted by Gasteiger charge is -2.21. The molecule has 0 bridgehead atoms. The Morgan fingerprint density at radius 1 is 1.35 bits per heavy atom. The first-order valence-corrected chi connectivity index (χ1v) is 7.31. The van der Waals surface area contributed by atoms with Crippen LogP contribution >= 0.6 is 0 Å². The van der Waals surface area contributed by atoms with E-state index in [1.807, 2.05) is 6.92 Å². The summed E-state index contributed by atoms with van der Waals surface area (Å²) in [5.41, 5.74) is 0. The Kier molecular flexibility index (Phi) is 7.40. The first kappa shape index (κ1) is 16.8. The van der Waals surface area contributed by atoms with Crippen LogP contribution in [0.5, 0.6) is 0 Å². The van der Waals surface area contributed by atoms with Crippen molar-refractivity contribution in [1.29, 1.82) is 0 Å². The van der Waals surface area contributed by atoms with Crippen molar-refractivity contribution >= 4 is 17.5 Å². The summed E-state index contributed by atoms with van der Waals surface area (Å²) in [4.78, 5) is 35.5. The van der Waals surface area contributed by atoms with Crippen LogP contribution in [0.25, 0.3) is 0 Å². The first-order chi connectivity index (χ1) is 9.58. The van der Waals surface area contributed by atoms with Gasteiger partial charge in [-0.25, -0.2) is 0 Å². The van der Waals surface area contributed by atoms with E-state index in [4.69, 9.17) is 0 Å². The number of carbonyl (C=O) groups is 3. The second kappa shape index (κ2) is 8.81. The lowest BCUT2D eigenvalue weighted by atomic mass is 10.0. The molecule has 0 aromatic rings. The van der Waals surface area contributed by atoms with Crippen molar-refractivity contribution in [3.8, 4) is 0 Å². The molecule has 1 aliphatic rings. The maximum Gasteiger partial charge on any atom is 0.222 e. The molecule has 114 valence electrons. The van der Waals surface area contributed by atoms with Crippen molar-refractivity contribution < 1.29 is 14.4 Å². The summed E-state index contributed by atoms with van der Waals surface area (Å²) in [7, 11) is 1.66. The second-order valence-corrected chi connectivity index (χ2v) is 5.11. The van der Waals surface area contributed by atoms with Crippen molar-refractivity contribution in [3.63, 3.8) is 0 Å². The van der Waals surface area contributed by atoms with E-state index in [9.17, 15) is 14.4 Å². The fourth-order valence-corrected chi connectivity index (χ4v) is 2.31. The van der Waals surface area contributed by atoms with Crippen molar-refractivity contribution in [2.75, 3.05) is 20.1 Å². The third-order valence-electron chi connectivity index (χ3n) is 3.63. The molecule has 6 nitrogen and oxygen atoms in total. The minimum atomic E-state index is -0.501. The van der Waals surface area contributed by atoms with Gasteiger partial charge in [-0.05, 0) is 26.3 Å². The molecule has 0 radical (unpaired) electrons. The SMILES string of the molecule is CCC(=O)[C@@H]1CCCCNC(=O)C[C@H](NC)C(=O)CN1. The Morgan fingerprint density at radius 3 is 2.75 bits per heavy atom. The zero-order valence-electron chi connectivity index (χ0n) is 12.3. The van der Waals surface area contributed by atoms with Gasteiger partial charge >= 0.3 is 0 Å². The van der Waals surface area contributed by atoms with Crippen LogP contribution in [-0.4, -0.2) is 49.7 Å². The van der Waals surface area contributed by atoms with Crippen molar-refractivity contribution in [2.24, 2.45) is 0 Å². The summed E-state index contributed by atoms with van der Waals surface area (Å²) in [6, 6.07) is -0.754. The van der Waals surface area contributed by atoms with Gasteiger partial charge in [-0.1, -0.05) is 6.92 Å². The summed E-state index contributed by atoms with van der Waals surface area (Å²) in [5, 5.41) is 8.71. The van der Waals surface area contributed by atoms with Gasteiger partial charge in [0.2, 0.25) is 5.91 Å². The smallest absolute Gasteiger partial charge is 0.222 e. The molecule has 1 aliphatic heterocycles. The van der Waals surface area contributed by atoms with Crippen molar-refractivity contribution in [3.05, 3.63) is 0 Å².